The standard InChI is InChI=1S/C24H19N3O2/c1-17(28)25-20-12-14-21(15-13-20)27-23(19-10-6-3-7-11-19)26-22(24(27)29)16-18-8-4-2-5-9-18/h2-16H,1H3,(H,25,28)/b22-16-. The zero-order chi connectivity index (χ0) is 20.2. The summed E-state index contributed by atoms with van der Waals surface area (Å²) in [6.07, 6.45) is 1.79. The van der Waals surface area contributed by atoms with Crippen LogP contribution in [-0.4, -0.2) is 17.6 Å². The lowest BCUT2D eigenvalue weighted by molar-refractivity contribution is -0.114. The molecule has 2 amide bonds. The second kappa shape index (κ2) is 7.94. The molecular formula is C24H19N3O2. The molecule has 0 aromatic heterocycles. The van der Waals surface area contributed by atoms with E-state index in [9.17, 15) is 9.59 Å². The number of hydrogen-bond acceptors (Lipinski definition) is 3. The van der Waals surface area contributed by atoms with Crippen molar-refractivity contribution in [3.05, 3.63) is 102 Å². The number of carbonyl (C=O) groups is 2. The van der Waals surface area contributed by atoms with E-state index in [-0.39, 0.29) is 11.8 Å². The molecule has 4 rings (SSSR count). The number of anilines is 2. The lowest BCUT2D eigenvalue weighted by atomic mass is 10.1. The molecule has 1 N–H and O–H groups in total. The Hall–Kier alpha value is -3.99. The second-order valence-corrected chi connectivity index (χ2v) is 6.61. The van der Waals surface area contributed by atoms with Crippen molar-refractivity contribution in [1.29, 1.82) is 0 Å². The highest BCUT2D eigenvalue weighted by Gasteiger charge is 2.32. The molecular weight excluding hydrogens is 362 g/mol. The van der Waals surface area contributed by atoms with Gasteiger partial charge in [-0.3, -0.25) is 14.5 Å². The monoisotopic (exact) mass is 381 g/mol. The van der Waals surface area contributed by atoms with E-state index in [0.717, 1.165) is 11.1 Å². The van der Waals surface area contributed by atoms with E-state index in [2.05, 4.69) is 10.3 Å². The maximum absolute atomic E-state index is 13.2. The van der Waals surface area contributed by atoms with Gasteiger partial charge in [0.05, 0.1) is 5.69 Å². The summed E-state index contributed by atoms with van der Waals surface area (Å²) in [6.45, 7) is 1.46. The topological polar surface area (TPSA) is 61.8 Å². The summed E-state index contributed by atoms with van der Waals surface area (Å²) in [5.74, 6) is 0.236. The van der Waals surface area contributed by atoms with Gasteiger partial charge in [-0.05, 0) is 35.9 Å². The molecule has 1 aliphatic rings. The van der Waals surface area contributed by atoms with E-state index < -0.39 is 0 Å². The zero-order valence-corrected chi connectivity index (χ0v) is 15.9. The van der Waals surface area contributed by atoms with Crippen molar-refractivity contribution in [2.75, 3.05) is 10.2 Å². The van der Waals surface area contributed by atoms with E-state index >= 15 is 0 Å². The average Bonchev–Trinajstić information content (AvgIpc) is 3.06. The average molecular weight is 381 g/mol. The molecule has 1 aliphatic heterocycles. The highest BCUT2D eigenvalue weighted by atomic mass is 16.2. The van der Waals surface area contributed by atoms with Crippen LogP contribution in [0.4, 0.5) is 11.4 Å². The van der Waals surface area contributed by atoms with Crippen LogP contribution >= 0.6 is 0 Å². The first-order valence-corrected chi connectivity index (χ1v) is 9.25. The summed E-state index contributed by atoms with van der Waals surface area (Å²) in [6, 6.07) is 26.4. The van der Waals surface area contributed by atoms with Gasteiger partial charge in [-0.2, -0.15) is 0 Å². The van der Waals surface area contributed by atoms with Crippen LogP contribution in [0.5, 0.6) is 0 Å². The Balaban J connectivity index is 1.75. The van der Waals surface area contributed by atoms with E-state index in [1.54, 1.807) is 35.2 Å². The first-order valence-electron chi connectivity index (χ1n) is 9.25. The van der Waals surface area contributed by atoms with Gasteiger partial charge in [-0.15, -0.1) is 0 Å². The van der Waals surface area contributed by atoms with Crippen molar-refractivity contribution in [1.82, 2.24) is 0 Å². The van der Waals surface area contributed by atoms with Crippen LogP contribution in [0, 0.1) is 0 Å². The number of benzene rings is 3. The van der Waals surface area contributed by atoms with Gasteiger partial charge in [0.1, 0.15) is 11.5 Å². The highest BCUT2D eigenvalue weighted by Crippen LogP contribution is 2.28. The van der Waals surface area contributed by atoms with Crippen LogP contribution < -0.4 is 10.2 Å². The van der Waals surface area contributed by atoms with E-state index in [0.29, 0.717) is 22.9 Å². The summed E-state index contributed by atoms with van der Waals surface area (Å²) in [5, 5.41) is 2.73. The maximum atomic E-state index is 13.2. The molecule has 0 radical (unpaired) electrons. The molecule has 0 aliphatic carbocycles. The molecule has 0 saturated heterocycles. The Labute approximate surface area is 169 Å². The van der Waals surface area contributed by atoms with Crippen molar-refractivity contribution in [3.8, 4) is 0 Å². The van der Waals surface area contributed by atoms with Gasteiger partial charge in [0.25, 0.3) is 5.91 Å². The third kappa shape index (κ3) is 3.99. The van der Waals surface area contributed by atoms with Crippen molar-refractivity contribution in [3.63, 3.8) is 0 Å². The minimum atomic E-state index is -0.194. The first kappa shape index (κ1) is 18.4. The molecule has 1 heterocycles. The Morgan fingerprint density at radius 3 is 2.14 bits per heavy atom. The van der Waals surface area contributed by atoms with Gasteiger partial charge in [0.15, 0.2) is 0 Å². The smallest absolute Gasteiger partial charge is 0.282 e. The largest absolute Gasteiger partial charge is 0.326 e. The number of amidine groups is 1. The van der Waals surface area contributed by atoms with Crippen LogP contribution in [0.3, 0.4) is 0 Å². The molecule has 142 valence electrons. The minimum absolute atomic E-state index is 0.144. The number of carbonyl (C=O) groups excluding carboxylic acids is 2. The second-order valence-electron chi connectivity index (χ2n) is 6.61. The fraction of sp³-hybridized carbons (Fsp3) is 0.0417. The van der Waals surface area contributed by atoms with E-state index in [1.807, 2.05) is 60.7 Å². The molecule has 0 unspecified atom stereocenters. The Bertz CT molecular complexity index is 1100. The summed E-state index contributed by atoms with van der Waals surface area (Å²) >= 11 is 0. The Kier molecular flexibility index (Phi) is 5.03. The fourth-order valence-electron chi connectivity index (χ4n) is 3.14. The summed E-state index contributed by atoms with van der Waals surface area (Å²) in [7, 11) is 0. The number of nitrogens with zero attached hydrogens (tertiary/aromatic N) is 2. The van der Waals surface area contributed by atoms with Crippen LogP contribution in [0.25, 0.3) is 6.08 Å². The number of amides is 2. The van der Waals surface area contributed by atoms with Gasteiger partial charge in [-0.1, -0.05) is 60.7 Å². The van der Waals surface area contributed by atoms with Crippen LogP contribution in [-0.2, 0) is 9.59 Å². The molecule has 0 bridgehead atoms. The molecule has 5 nitrogen and oxygen atoms in total. The van der Waals surface area contributed by atoms with Crippen molar-refractivity contribution in [2.45, 2.75) is 6.92 Å². The summed E-state index contributed by atoms with van der Waals surface area (Å²) in [5.41, 5.74) is 3.49. The van der Waals surface area contributed by atoms with E-state index in [4.69, 9.17) is 0 Å². The zero-order valence-electron chi connectivity index (χ0n) is 15.9. The van der Waals surface area contributed by atoms with Gasteiger partial charge >= 0.3 is 0 Å². The third-order valence-electron chi connectivity index (χ3n) is 4.44. The number of rotatable bonds is 4. The molecule has 5 heteroatoms. The third-order valence-corrected chi connectivity index (χ3v) is 4.44. The van der Waals surface area contributed by atoms with Gasteiger partial charge in [0.2, 0.25) is 5.91 Å². The molecule has 0 saturated carbocycles. The molecule has 0 spiro atoms. The lowest BCUT2D eigenvalue weighted by Gasteiger charge is -2.19. The van der Waals surface area contributed by atoms with Crippen LogP contribution in [0.2, 0.25) is 0 Å². The first-order chi connectivity index (χ1) is 14.1. The predicted molar refractivity (Wildman–Crippen MR) is 116 cm³/mol. The highest BCUT2D eigenvalue weighted by molar-refractivity contribution is 6.33. The van der Waals surface area contributed by atoms with Crippen molar-refractivity contribution >= 4 is 35.1 Å². The number of aliphatic imine (C=N–C) groups is 1. The van der Waals surface area contributed by atoms with Crippen LogP contribution in [0.15, 0.2) is 95.6 Å². The molecule has 29 heavy (non-hydrogen) atoms. The predicted octanol–water partition coefficient (Wildman–Crippen LogP) is 4.48. The molecule has 0 fully saturated rings. The maximum Gasteiger partial charge on any atom is 0.282 e. The fourth-order valence-corrected chi connectivity index (χ4v) is 3.14. The molecule has 0 atom stereocenters. The van der Waals surface area contributed by atoms with Crippen molar-refractivity contribution in [2.24, 2.45) is 4.99 Å². The quantitative estimate of drug-likeness (QED) is 0.678. The Morgan fingerprint density at radius 1 is 0.897 bits per heavy atom. The van der Waals surface area contributed by atoms with Gasteiger partial charge in [0, 0.05) is 18.2 Å². The summed E-state index contributed by atoms with van der Waals surface area (Å²) in [4.78, 5) is 30.7. The summed E-state index contributed by atoms with van der Waals surface area (Å²) < 4.78 is 0. The van der Waals surface area contributed by atoms with Crippen molar-refractivity contribution < 1.29 is 9.59 Å². The minimum Gasteiger partial charge on any atom is -0.326 e. The van der Waals surface area contributed by atoms with Gasteiger partial charge in [-0.25, -0.2) is 4.99 Å². The number of nitrogens with one attached hydrogen (secondary N) is 1. The van der Waals surface area contributed by atoms with Crippen LogP contribution in [0.1, 0.15) is 18.1 Å². The number of hydrogen-bond donors (Lipinski definition) is 1. The van der Waals surface area contributed by atoms with E-state index in [1.165, 1.54) is 6.92 Å². The molecule has 3 aromatic carbocycles. The molecule has 3 aromatic rings. The SMILES string of the molecule is CC(=O)Nc1ccc(N2C(=O)/C(=C/c3ccccc3)N=C2c2ccccc2)cc1. The lowest BCUT2D eigenvalue weighted by Crippen LogP contribution is -2.32. The Morgan fingerprint density at radius 2 is 1.52 bits per heavy atom. The normalized spacial score (nSPS) is 14.8. The van der Waals surface area contributed by atoms with Gasteiger partial charge < -0.3 is 5.32 Å².